The Bertz CT molecular complexity index is 799. The number of non-ortho nitro benzene ring substituents is 1. The number of hydrogen-bond donors (Lipinski definition) is 0. The molecule has 11 heteroatoms. The van der Waals surface area contributed by atoms with E-state index in [1.807, 2.05) is 4.57 Å². The van der Waals surface area contributed by atoms with E-state index in [0.29, 0.717) is 24.7 Å². The van der Waals surface area contributed by atoms with E-state index in [1.54, 1.807) is 19.1 Å². The van der Waals surface area contributed by atoms with Crippen molar-refractivity contribution in [3.63, 3.8) is 0 Å². The number of ether oxygens (including phenoxy) is 1. The molecule has 3 rings (SSSR count). The van der Waals surface area contributed by atoms with Crippen molar-refractivity contribution in [3.8, 4) is 11.4 Å². The van der Waals surface area contributed by atoms with Gasteiger partial charge in [0, 0.05) is 17.7 Å². The van der Waals surface area contributed by atoms with Gasteiger partial charge in [0.15, 0.2) is 11.1 Å². The Morgan fingerprint density at radius 1 is 1.42 bits per heavy atom. The summed E-state index contributed by atoms with van der Waals surface area (Å²) < 4.78 is 7.07. The largest absolute Gasteiger partial charge is 1.00 e. The highest BCUT2D eigenvalue weighted by Crippen LogP contribution is 2.32. The van der Waals surface area contributed by atoms with Crippen LogP contribution in [0.2, 0.25) is 0 Å². The number of rotatable bonds is 6. The van der Waals surface area contributed by atoms with Crippen molar-refractivity contribution in [2.45, 2.75) is 23.9 Å². The predicted octanol–water partition coefficient (Wildman–Crippen LogP) is -0.825. The minimum absolute atomic E-state index is 0. The zero-order valence-corrected chi connectivity index (χ0v) is 17.8. The predicted molar refractivity (Wildman–Crippen MR) is 96.8 cm³/mol. The molecule has 2 atom stereocenters. The van der Waals surface area contributed by atoms with E-state index >= 15 is 0 Å². The molecule has 0 aliphatic carbocycles. The normalized spacial score (nSPS) is 18.1. The van der Waals surface area contributed by atoms with Crippen LogP contribution in [0.5, 0.6) is 0 Å². The quantitative estimate of drug-likeness (QED) is 0.166. The average molecular weight is 508 g/mol. The Kier molecular flexibility index (Phi) is 7.18. The maximum atomic E-state index is 11.9. The first kappa shape index (κ1) is 20.8. The van der Waals surface area contributed by atoms with Crippen LogP contribution in [0.25, 0.3) is 11.4 Å². The van der Waals surface area contributed by atoms with E-state index in [2.05, 4.69) is 26.1 Å². The smallest absolute Gasteiger partial charge is 0.356 e. The van der Waals surface area contributed by atoms with Gasteiger partial charge in [0.1, 0.15) is 0 Å². The van der Waals surface area contributed by atoms with Crippen LogP contribution in [-0.4, -0.2) is 48.6 Å². The molecule has 2 unspecified atom stereocenters. The number of benzene rings is 1. The highest BCUT2D eigenvalue weighted by Gasteiger charge is 2.47. The monoisotopic (exact) mass is 506 g/mol. The van der Waals surface area contributed by atoms with E-state index in [0.717, 1.165) is 16.0 Å². The highest BCUT2D eigenvalue weighted by molar-refractivity contribution is 9.09. The molecule has 1 aliphatic rings. The number of halogens is 2. The summed E-state index contributed by atoms with van der Waals surface area (Å²) in [5.41, 5.74) is 0.796. The Hall–Kier alpha value is -1.46. The Labute approximate surface area is 171 Å². The lowest BCUT2D eigenvalue weighted by molar-refractivity contribution is -0.384. The van der Waals surface area contributed by atoms with Gasteiger partial charge in [-0.05, 0) is 19.1 Å². The van der Waals surface area contributed by atoms with Crippen molar-refractivity contribution in [3.05, 3.63) is 34.4 Å². The first-order valence-electron chi connectivity index (χ1n) is 7.64. The maximum Gasteiger partial charge on any atom is 0.356 e. The molecule has 0 saturated carbocycles. The van der Waals surface area contributed by atoms with Gasteiger partial charge in [-0.3, -0.25) is 14.7 Å². The fraction of sp³-hybridized carbons (Fsp3) is 0.400. The zero-order chi connectivity index (χ0) is 18.0. The number of alkyl halides is 1. The van der Waals surface area contributed by atoms with Crippen LogP contribution in [0.4, 0.5) is 5.69 Å². The molecule has 140 valence electrons. The van der Waals surface area contributed by atoms with Gasteiger partial charge < -0.3 is 21.7 Å². The summed E-state index contributed by atoms with van der Waals surface area (Å²) in [7, 11) is -0.377. The van der Waals surface area contributed by atoms with Gasteiger partial charge in [-0.25, -0.2) is 4.79 Å². The second-order valence-corrected chi connectivity index (χ2v) is 8.20. The molecule has 2 aromatic rings. The highest BCUT2D eigenvalue weighted by atomic mass is 79.9. The Morgan fingerprint density at radius 2 is 2.12 bits per heavy atom. The van der Waals surface area contributed by atoms with Crippen LogP contribution < -0.4 is 17.0 Å². The first-order chi connectivity index (χ1) is 12.0. The second-order valence-electron chi connectivity index (χ2n) is 5.38. The lowest BCUT2D eigenvalue weighted by Crippen LogP contribution is -3.00. The van der Waals surface area contributed by atoms with Gasteiger partial charge >= 0.3 is 11.1 Å². The van der Waals surface area contributed by atoms with Gasteiger partial charge in [0.25, 0.3) is 5.69 Å². The van der Waals surface area contributed by atoms with Crippen LogP contribution >= 0.6 is 15.9 Å². The molecule has 1 aromatic carbocycles. The molecule has 0 radical (unpaired) electrons. The zero-order valence-electron chi connectivity index (χ0n) is 13.8. The number of carbonyl (C=O) groups is 1. The molecule has 2 heterocycles. The third-order valence-corrected chi connectivity index (χ3v) is 7.48. The van der Waals surface area contributed by atoms with Crippen LogP contribution in [0.3, 0.4) is 0 Å². The Balaban J connectivity index is 0.00000243. The molecular formula is C15H16Br2N4O4S. The minimum Gasteiger partial charge on any atom is -1.00 e. The van der Waals surface area contributed by atoms with Crippen LogP contribution in [-0.2, 0) is 27.0 Å². The number of aromatic nitrogens is 3. The first-order valence-corrected chi connectivity index (χ1v) is 10.2. The van der Waals surface area contributed by atoms with Gasteiger partial charge in [-0.1, -0.05) is 21.0 Å². The summed E-state index contributed by atoms with van der Waals surface area (Å²) in [4.78, 5) is 22.3. The number of hydrogen-bond acceptors (Lipinski definition) is 6. The summed E-state index contributed by atoms with van der Waals surface area (Å²) in [6.45, 7) is 2.84. The van der Waals surface area contributed by atoms with E-state index < -0.39 is 4.92 Å². The standard InChI is InChI=1S/C15H16BrN4O4S.BrH/c1-2-24-13(21)9-25-12(7-16)8-19-14(17-18-15(19)25)10-3-5-11(6-4-10)20(22)23;/h3-6,12H,2,7-9H2,1H3;1H/q+1;/p-1. The molecule has 0 bridgehead atoms. The van der Waals surface area contributed by atoms with Crippen molar-refractivity contribution in [1.82, 2.24) is 14.8 Å². The number of fused-ring (bicyclic) bond motifs is 1. The third-order valence-electron chi connectivity index (χ3n) is 3.83. The van der Waals surface area contributed by atoms with Crippen molar-refractivity contribution in [1.29, 1.82) is 0 Å². The van der Waals surface area contributed by atoms with Crippen LogP contribution in [0.15, 0.2) is 29.4 Å². The van der Waals surface area contributed by atoms with Gasteiger partial charge in [-0.2, -0.15) is 0 Å². The molecule has 0 fully saturated rings. The molecular weight excluding hydrogens is 492 g/mol. The molecule has 26 heavy (non-hydrogen) atoms. The summed E-state index contributed by atoms with van der Waals surface area (Å²) in [6, 6.07) is 6.24. The molecule has 0 amide bonds. The van der Waals surface area contributed by atoms with E-state index in [-0.39, 0.29) is 44.8 Å². The van der Waals surface area contributed by atoms with Gasteiger partial charge in [-0.15, -0.1) is 5.10 Å². The summed E-state index contributed by atoms with van der Waals surface area (Å²) in [5.74, 6) is 0.725. The van der Waals surface area contributed by atoms with E-state index in [1.165, 1.54) is 12.1 Å². The number of nitrogens with zero attached hydrogens (tertiary/aromatic N) is 4. The number of nitro benzene ring substituents is 1. The summed E-state index contributed by atoms with van der Waals surface area (Å²) >= 11 is 3.51. The van der Waals surface area contributed by atoms with Crippen LogP contribution in [0.1, 0.15) is 6.92 Å². The number of esters is 1. The summed E-state index contributed by atoms with van der Waals surface area (Å²) in [5, 5.41) is 21.1. The fourth-order valence-electron chi connectivity index (χ4n) is 2.67. The van der Waals surface area contributed by atoms with Crippen molar-refractivity contribution in [2.75, 3.05) is 17.7 Å². The van der Waals surface area contributed by atoms with Crippen molar-refractivity contribution < 1.29 is 31.4 Å². The third kappa shape index (κ3) is 4.09. The lowest BCUT2D eigenvalue weighted by atomic mass is 10.2. The van der Waals surface area contributed by atoms with Crippen molar-refractivity contribution in [2.24, 2.45) is 0 Å². The van der Waals surface area contributed by atoms with E-state index in [9.17, 15) is 14.9 Å². The number of nitro groups is 1. The molecule has 0 spiro atoms. The Morgan fingerprint density at radius 3 is 2.69 bits per heavy atom. The molecule has 0 N–H and O–H groups in total. The topological polar surface area (TPSA) is 100 Å². The molecule has 1 aliphatic heterocycles. The van der Waals surface area contributed by atoms with Crippen LogP contribution in [0, 0.1) is 10.1 Å². The second kappa shape index (κ2) is 8.96. The maximum absolute atomic E-state index is 11.9. The molecule has 8 nitrogen and oxygen atoms in total. The van der Waals surface area contributed by atoms with Crippen molar-refractivity contribution >= 4 is 38.5 Å². The molecule has 1 aromatic heterocycles. The average Bonchev–Trinajstić information content (AvgIpc) is 3.15. The lowest BCUT2D eigenvalue weighted by Gasteiger charge is -2.06. The van der Waals surface area contributed by atoms with E-state index in [4.69, 9.17) is 4.74 Å². The minimum atomic E-state index is -0.435. The number of carbonyl (C=O) groups excluding carboxylic acids is 1. The summed E-state index contributed by atoms with van der Waals surface area (Å²) in [6.07, 6.45) is 0. The fourth-order valence-corrected chi connectivity index (χ4v) is 5.91. The molecule has 0 saturated heterocycles. The van der Waals surface area contributed by atoms with Gasteiger partial charge in [0.05, 0.1) is 34.3 Å². The SMILES string of the molecule is CCOC(=O)C[S+]1c2nnc(-c3ccc([N+](=O)[O-])cc3)n2CC1CBr.[Br-]. The van der Waals surface area contributed by atoms with Gasteiger partial charge in [0.2, 0.25) is 5.75 Å².